The first kappa shape index (κ1) is 22.6. The van der Waals surface area contributed by atoms with Gasteiger partial charge >= 0.3 is 0 Å². The van der Waals surface area contributed by atoms with E-state index >= 15 is 0 Å². The van der Waals surface area contributed by atoms with Crippen LogP contribution in [0.25, 0.3) is 10.8 Å². The lowest BCUT2D eigenvalue weighted by Gasteiger charge is -2.38. The molecule has 3 aromatic rings. The third-order valence-corrected chi connectivity index (χ3v) is 7.28. The molecule has 32 heavy (non-hydrogen) atoms. The molecule has 4 nitrogen and oxygen atoms in total. The summed E-state index contributed by atoms with van der Waals surface area (Å²) in [4.78, 5) is 13.6. The van der Waals surface area contributed by atoms with Gasteiger partial charge < -0.3 is 10.6 Å². The Morgan fingerprint density at radius 2 is 1.88 bits per heavy atom. The molecule has 3 aromatic carbocycles. The maximum atomic E-state index is 13.6. The van der Waals surface area contributed by atoms with E-state index in [2.05, 4.69) is 16.7 Å². The Bertz CT molecular complexity index is 1210. The summed E-state index contributed by atoms with van der Waals surface area (Å²) in [6.45, 7) is 4.19. The van der Waals surface area contributed by atoms with Crippen LogP contribution in [-0.4, -0.2) is 25.5 Å². The first-order valence-electron chi connectivity index (χ1n) is 10.9. The lowest BCUT2D eigenvalue weighted by molar-refractivity contribution is 0.0938. The van der Waals surface area contributed by atoms with Crippen molar-refractivity contribution in [2.75, 3.05) is 19.6 Å². The zero-order chi connectivity index (χ0) is 22.7. The van der Waals surface area contributed by atoms with Gasteiger partial charge in [0.25, 0.3) is 5.91 Å². The molecule has 0 spiro atoms. The number of carbonyl (C=O) groups is 1. The molecule has 2 N–H and O–H groups in total. The van der Waals surface area contributed by atoms with E-state index in [1.807, 2.05) is 55.5 Å². The van der Waals surface area contributed by atoms with Crippen molar-refractivity contribution in [1.29, 1.82) is 5.26 Å². The highest BCUT2D eigenvalue weighted by molar-refractivity contribution is 6.42. The van der Waals surface area contributed by atoms with Gasteiger partial charge in [-0.2, -0.15) is 5.26 Å². The van der Waals surface area contributed by atoms with Crippen LogP contribution < -0.4 is 10.6 Å². The second kappa shape index (κ2) is 9.50. The zero-order valence-electron chi connectivity index (χ0n) is 18.0. The van der Waals surface area contributed by atoms with Crippen molar-refractivity contribution in [3.8, 4) is 6.07 Å². The van der Waals surface area contributed by atoms with E-state index in [0.29, 0.717) is 34.1 Å². The lowest BCUT2D eigenvalue weighted by atomic mass is 9.73. The minimum absolute atomic E-state index is 0.145. The second-order valence-corrected chi connectivity index (χ2v) is 9.12. The average Bonchev–Trinajstić information content (AvgIpc) is 2.83. The zero-order valence-corrected chi connectivity index (χ0v) is 19.5. The molecule has 0 atom stereocenters. The van der Waals surface area contributed by atoms with Crippen molar-refractivity contribution in [2.24, 2.45) is 0 Å². The van der Waals surface area contributed by atoms with Crippen LogP contribution in [0.1, 0.15) is 46.8 Å². The molecule has 1 saturated heterocycles. The van der Waals surface area contributed by atoms with E-state index in [0.717, 1.165) is 47.8 Å². The predicted octanol–water partition coefficient (Wildman–Crippen LogP) is 5.63. The summed E-state index contributed by atoms with van der Waals surface area (Å²) in [5.74, 6) is -0.145. The average molecular weight is 466 g/mol. The third-order valence-electron chi connectivity index (χ3n) is 6.54. The summed E-state index contributed by atoms with van der Waals surface area (Å²) in [5.41, 5.74) is 2.79. The first-order valence-corrected chi connectivity index (χ1v) is 11.6. The third kappa shape index (κ3) is 4.21. The highest BCUT2D eigenvalue weighted by atomic mass is 35.5. The van der Waals surface area contributed by atoms with Gasteiger partial charge in [0.15, 0.2) is 0 Å². The minimum Gasteiger partial charge on any atom is -0.351 e. The highest BCUT2D eigenvalue weighted by Crippen LogP contribution is 2.36. The smallest absolute Gasteiger partial charge is 0.252 e. The van der Waals surface area contributed by atoms with E-state index in [-0.39, 0.29) is 11.3 Å². The number of hydrogen-bond donors (Lipinski definition) is 2. The van der Waals surface area contributed by atoms with Crippen molar-refractivity contribution in [3.63, 3.8) is 0 Å². The van der Waals surface area contributed by atoms with Gasteiger partial charge in [-0.1, -0.05) is 60.5 Å². The van der Waals surface area contributed by atoms with Gasteiger partial charge in [0.05, 0.1) is 27.2 Å². The van der Waals surface area contributed by atoms with Crippen LogP contribution in [0.3, 0.4) is 0 Å². The number of nitriles is 1. The van der Waals surface area contributed by atoms with E-state index in [1.165, 1.54) is 0 Å². The molecule has 0 saturated carbocycles. The number of fused-ring (bicyclic) bond motifs is 1. The number of hydrogen-bond acceptors (Lipinski definition) is 3. The standard InChI is InChI=1S/C26H25Cl2N3O/c1-2-20-18(15-29)13-17-5-3-4-6-21(17)24(20)25(32)31-16-26(9-11-30-12-10-26)19-7-8-22(27)23(28)14-19/h3-8,13-14,30H,2,9-12,16H2,1H3,(H,31,32). The number of carbonyl (C=O) groups excluding carboxylic acids is 1. The molecule has 0 aromatic heterocycles. The van der Waals surface area contributed by atoms with Crippen molar-refractivity contribution in [2.45, 2.75) is 31.6 Å². The van der Waals surface area contributed by atoms with Gasteiger partial charge in [0.1, 0.15) is 0 Å². The normalized spacial score (nSPS) is 15.3. The molecular weight excluding hydrogens is 441 g/mol. The number of benzene rings is 3. The molecule has 1 fully saturated rings. The summed E-state index contributed by atoms with van der Waals surface area (Å²) in [6.07, 6.45) is 2.37. The summed E-state index contributed by atoms with van der Waals surface area (Å²) >= 11 is 12.5. The van der Waals surface area contributed by atoms with Crippen LogP contribution in [0.2, 0.25) is 10.0 Å². The topological polar surface area (TPSA) is 64.9 Å². The lowest BCUT2D eigenvalue weighted by Crippen LogP contribution is -2.47. The van der Waals surface area contributed by atoms with Crippen LogP contribution in [0, 0.1) is 11.3 Å². The highest BCUT2D eigenvalue weighted by Gasteiger charge is 2.35. The number of nitrogens with zero attached hydrogens (tertiary/aromatic N) is 1. The fourth-order valence-electron chi connectivity index (χ4n) is 4.75. The van der Waals surface area contributed by atoms with E-state index in [4.69, 9.17) is 23.2 Å². The number of rotatable bonds is 5. The second-order valence-electron chi connectivity index (χ2n) is 8.31. The minimum atomic E-state index is -0.232. The molecule has 0 radical (unpaired) electrons. The Balaban J connectivity index is 1.71. The molecular formula is C26H25Cl2N3O. The number of halogens is 2. The van der Waals surface area contributed by atoms with Crippen molar-refractivity contribution < 1.29 is 4.79 Å². The molecule has 1 aliphatic heterocycles. The Hall–Kier alpha value is -2.58. The molecule has 0 bridgehead atoms. The van der Waals surface area contributed by atoms with Crippen LogP contribution in [-0.2, 0) is 11.8 Å². The van der Waals surface area contributed by atoms with Gasteiger partial charge in [-0.25, -0.2) is 0 Å². The predicted molar refractivity (Wildman–Crippen MR) is 131 cm³/mol. The molecule has 164 valence electrons. The Kier molecular flexibility index (Phi) is 6.71. The fourth-order valence-corrected chi connectivity index (χ4v) is 5.05. The van der Waals surface area contributed by atoms with Crippen molar-refractivity contribution in [1.82, 2.24) is 10.6 Å². The summed E-state index contributed by atoms with van der Waals surface area (Å²) in [6, 6.07) is 17.6. The maximum absolute atomic E-state index is 13.6. The summed E-state index contributed by atoms with van der Waals surface area (Å²) in [5, 5.41) is 19.1. The van der Waals surface area contributed by atoms with Crippen LogP contribution in [0.15, 0.2) is 48.5 Å². The van der Waals surface area contributed by atoms with Gasteiger partial charge in [-0.3, -0.25) is 4.79 Å². The molecule has 1 heterocycles. The van der Waals surface area contributed by atoms with Crippen LogP contribution in [0.4, 0.5) is 0 Å². The molecule has 4 rings (SSSR count). The molecule has 6 heteroatoms. The van der Waals surface area contributed by atoms with Crippen molar-refractivity contribution in [3.05, 3.63) is 80.8 Å². The molecule has 1 amide bonds. The largest absolute Gasteiger partial charge is 0.351 e. The SMILES string of the molecule is CCc1c(C#N)cc2ccccc2c1C(=O)NCC1(c2ccc(Cl)c(Cl)c2)CCNCC1. The Morgan fingerprint density at radius 3 is 2.56 bits per heavy atom. The van der Waals surface area contributed by atoms with Gasteiger partial charge in [0.2, 0.25) is 0 Å². The van der Waals surface area contributed by atoms with Gasteiger partial charge in [-0.15, -0.1) is 0 Å². The number of nitrogens with one attached hydrogen (secondary N) is 2. The monoisotopic (exact) mass is 465 g/mol. The Morgan fingerprint density at radius 1 is 1.12 bits per heavy atom. The van der Waals surface area contributed by atoms with E-state index in [1.54, 1.807) is 0 Å². The summed E-state index contributed by atoms with van der Waals surface area (Å²) < 4.78 is 0. The molecule has 1 aliphatic rings. The van der Waals surface area contributed by atoms with Gasteiger partial charge in [0, 0.05) is 12.0 Å². The molecule has 0 unspecified atom stereocenters. The van der Waals surface area contributed by atoms with Gasteiger partial charge in [-0.05, 0) is 72.5 Å². The first-order chi connectivity index (χ1) is 15.5. The molecule has 0 aliphatic carbocycles. The number of amides is 1. The van der Waals surface area contributed by atoms with Crippen LogP contribution in [0.5, 0.6) is 0 Å². The van der Waals surface area contributed by atoms with Crippen molar-refractivity contribution >= 4 is 39.9 Å². The number of piperidine rings is 1. The quantitative estimate of drug-likeness (QED) is 0.512. The van der Waals surface area contributed by atoms with Crippen LogP contribution >= 0.6 is 23.2 Å². The van der Waals surface area contributed by atoms with E-state index in [9.17, 15) is 10.1 Å². The fraction of sp³-hybridized carbons (Fsp3) is 0.308. The maximum Gasteiger partial charge on any atom is 0.252 e. The Labute approximate surface area is 198 Å². The summed E-state index contributed by atoms with van der Waals surface area (Å²) in [7, 11) is 0. The van der Waals surface area contributed by atoms with E-state index < -0.39 is 0 Å².